The molecular weight excluding hydrogens is 236 g/mol. The zero-order valence-electron chi connectivity index (χ0n) is 12.0. The van der Waals surface area contributed by atoms with Gasteiger partial charge in [-0.2, -0.15) is 0 Å². The van der Waals surface area contributed by atoms with Crippen LogP contribution in [0, 0.1) is 13.8 Å². The lowest BCUT2D eigenvalue weighted by molar-refractivity contribution is 0.0949. The molecule has 2 aromatic rings. The largest absolute Gasteiger partial charge is 0.351 e. The van der Waals surface area contributed by atoms with Gasteiger partial charge in [-0.05, 0) is 43.5 Å². The fourth-order valence-corrected chi connectivity index (χ4v) is 2.39. The number of amides is 1. The third-order valence-electron chi connectivity index (χ3n) is 3.40. The summed E-state index contributed by atoms with van der Waals surface area (Å²) in [6.07, 6.45) is 3.37. The smallest absolute Gasteiger partial charge is 0.267 e. The number of carbonyl (C=O) groups excluding carboxylic acids is 1. The van der Waals surface area contributed by atoms with E-state index in [0.29, 0.717) is 5.69 Å². The minimum Gasteiger partial charge on any atom is -0.351 e. The summed E-state index contributed by atoms with van der Waals surface area (Å²) in [5.74, 6) is -0.00986. The van der Waals surface area contributed by atoms with Crippen molar-refractivity contribution >= 4 is 16.8 Å². The first kappa shape index (κ1) is 13.7. The van der Waals surface area contributed by atoms with E-state index in [1.54, 1.807) is 0 Å². The lowest BCUT2D eigenvalue weighted by Gasteiger charge is -2.02. The molecule has 0 saturated heterocycles. The number of hydrogen-bond acceptors (Lipinski definition) is 1. The molecule has 0 radical (unpaired) electrons. The van der Waals surface area contributed by atoms with Crippen LogP contribution in [0.15, 0.2) is 18.2 Å². The van der Waals surface area contributed by atoms with Gasteiger partial charge in [0.25, 0.3) is 5.91 Å². The summed E-state index contributed by atoms with van der Waals surface area (Å²) in [4.78, 5) is 15.2. The second kappa shape index (κ2) is 5.91. The predicted molar refractivity (Wildman–Crippen MR) is 79.6 cm³/mol. The molecule has 3 heteroatoms. The number of aryl methyl sites for hydroxylation is 2. The van der Waals surface area contributed by atoms with Crippen LogP contribution in [0.2, 0.25) is 0 Å². The predicted octanol–water partition coefficient (Wildman–Crippen LogP) is 3.70. The number of H-pyrrole nitrogens is 1. The van der Waals surface area contributed by atoms with Gasteiger partial charge in [0, 0.05) is 17.4 Å². The van der Waals surface area contributed by atoms with Crippen LogP contribution in [0.5, 0.6) is 0 Å². The fourth-order valence-electron chi connectivity index (χ4n) is 2.39. The average Bonchev–Trinajstić information content (AvgIpc) is 2.78. The lowest BCUT2D eigenvalue weighted by atomic mass is 10.1. The fraction of sp³-hybridized carbons (Fsp3) is 0.438. The van der Waals surface area contributed by atoms with Gasteiger partial charge in [-0.15, -0.1) is 0 Å². The molecule has 0 aliphatic heterocycles. The van der Waals surface area contributed by atoms with E-state index in [9.17, 15) is 4.79 Å². The number of fused-ring (bicyclic) bond motifs is 1. The van der Waals surface area contributed by atoms with E-state index in [0.717, 1.165) is 30.3 Å². The van der Waals surface area contributed by atoms with Crippen molar-refractivity contribution in [2.45, 2.75) is 40.0 Å². The zero-order valence-corrected chi connectivity index (χ0v) is 12.0. The number of unbranched alkanes of at least 4 members (excludes halogenated alkanes) is 2. The summed E-state index contributed by atoms with van der Waals surface area (Å²) in [5, 5.41) is 4.09. The summed E-state index contributed by atoms with van der Waals surface area (Å²) < 4.78 is 0. The number of aromatic nitrogens is 1. The highest BCUT2D eigenvalue weighted by Crippen LogP contribution is 2.21. The molecule has 0 aliphatic carbocycles. The van der Waals surface area contributed by atoms with Crippen LogP contribution in [0.25, 0.3) is 10.9 Å². The maximum Gasteiger partial charge on any atom is 0.267 e. The van der Waals surface area contributed by atoms with Crippen molar-refractivity contribution in [3.05, 3.63) is 35.0 Å². The molecule has 1 heterocycles. The molecule has 1 amide bonds. The van der Waals surface area contributed by atoms with Crippen molar-refractivity contribution in [1.29, 1.82) is 0 Å². The summed E-state index contributed by atoms with van der Waals surface area (Å²) in [7, 11) is 0. The molecule has 2 N–H and O–H groups in total. The molecule has 1 aromatic heterocycles. The van der Waals surface area contributed by atoms with Gasteiger partial charge in [-0.25, -0.2) is 0 Å². The van der Waals surface area contributed by atoms with E-state index >= 15 is 0 Å². The molecule has 0 atom stereocenters. The third kappa shape index (κ3) is 3.16. The van der Waals surface area contributed by atoms with Crippen LogP contribution in [0.3, 0.4) is 0 Å². The summed E-state index contributed by atoms with van der Waals surface area (Å²) in [6, 6.07) is 6.16. The SMILES string of the molecule is CCCCCNC(=O)c1cc2c(C)cc(C)cc2[nH]1. The van der Waals surface area contributed by atoms with Gasteiger partial charge >= 0.3 is 0 Å². The Bertz CT molecular complexity index is 584. The second-order valence-electron chi connectivity index (χ2n) is 5.19. The third-order valence-corrected chi connectivity index (χ3v) is 3.40. The number of carbonyl (C=O) groups is 1. The Hall–Kier alpha value is -1.77. The Morgan fingerprint density at radius 3 is 2.74 bits per heavy atom. The van der Waals surface area contributed by atoms with Crippen molar-refractivity contribution < 1.29 is 4.79 Å². The molecule has 3 nitrogen and oxygen atoms in total. The zero-order chi connectivity index (χ0) is 13.8. The van der Waals surface area contributed by atoms with Gasteiger partial charge in [-0.1, -0.05) is 25.8 Å². The van der Waals surface area contributed by atoms with Crippen molar-refractivity contribution in [2.75, 3.05) is 6.54 Å². The molecular formula is C16H22N2O. The summed E-state index contributed by atoms with van der Waals surface area (Å²) in [6.45, 7) is 7.05. The highest BCUT2D eigenvalue weighted by molar-refractivity contribution is 5.98. The molecule has 0 saturated carbocycles. The normalized spacial score (nSPS) is 10.9. The number of benzene rings is 1. The van der Waals surface area contributed by atoms with Crippen LogP contribution in [-0.2, 0) is 0 Å². The Labute approximate surface area is 114 Å². The van der Waals surface area contributed by atoms with E-state index in [2.05, 4.69) is 43.2 Å². The Morgan fingerprint density at radius 1 is 1.21 bits per heavy atom. The first-order chi connectivity index (χ1) is 9.11. The van der Waals surface area contributed by atoms with Crippen molar-refractivity contribution in [1.82, 2.24) is 10.3 Å². The van der Waals surface area contributed by atoms with Gasteiger partial charge < -0.3 is 10.3 Å². The van der Waals surface area contributed by atoms with Crippen LogP contribution in [0.4, 0.5) is 0 Å². The minimum atomic E-state index is -0.00986. The summed E-state index contributed by atoms with van der Waals surface area (Å²) >= 11 is 0. The Kier molecular flexibility index (Phi) is 4.25. The standard InChI is InChI=1S/C16H22N2O/c1-4-5-6-7-17-16(19)15-10-13-12(3)8-11(2)9-14(13)18-15/h8-10,18H,4-7H2,1-3H3,(H,17,19). The molecule has 2 rings (SSSR count). The Morgan fingerprint density at radius 2 is 2.00 bits per heavy atom. The number of hydrogen-bond donors (Lipinski definition) is 2. The second-order valence-corrected chi connectivity index (χ2v) is 5.19. The molecule has 0 bridgehead atoms. The van der Waals surface area contributed by atoms with E-state index in [1.165, 1.54) is 17.5 Å². The topological polar surface area (TPSA) is 44.9 Å². The number of aromatic amines is 1. The maximum atomic E-state index is 12.0. The van der Waals surface area contributed by atoms with Gasteiger partial charge in [0.05, 0.1) is 0 Å². The highest BCUT2D eigenvalue weighted by Gasteiger charge is 2.10. The van der Waals surface area contributed by atoms with E-state index < -0.39 is 0 Å². The first-order valence-electron chi connectivity index (χ1n) is 7.00. The highest BCUT2D eigenvalue weighted by atomic mass is 16.1. The van der Waals surface area contributed by atoms with Gasteiger partial charge in [0.15, 0.2) is 0 Å². The van der Waals surface area contributed by atoms with Crippen LogP contribution < -0.4 is 5.32 Å². The average molecular weight is 258 g/mol. The van der Waals surface area contributed by atoms with Crippen molar-refractivity contribution in [3.8, 4) is 0 Å². The molecule has 102 valence electrons. The van der Waals surface area contributed by atoms with Crippen LogP contribution in [-0.4, -0.2) is 17.4 Å². The van der Waals surface area contributed by atoms with E-state index in [1.807, 2.05) is 6.07 Å². The van der Waals surface area contributed by atoms with Crippen molar-refractivity contribution in [3.63, 3.8) is 0 Å². The lowest BCUT2D eigenvalue weighted by Crippen LogP contribution is -2.24. The van der Waals surface area contributed by atoms with E-state index in [4.69, 9.17) is 0 Å². The van der Waals surface area contributed by atoms with Crippen molar-refractivity contribution in [2.24, 2.45) is 0 Å². The molecule has 0 unspecified atom stereocenters. The maximum absolute atomic E-state index is 12.0. The van der Waals surface area contributed by atoms with Crippen LogP contribution in [0.1, 0.15) is 47.8 Å². The van der Waals surface area contributed by atoms with Gasteiger partial charge in [-0.3, -0.25) is 4.79 Å². The minimum absolute atomic E-state index is 0.00986. The Balaban J connectivity index is 2.12. The van der Waals surface area contributed by atoms with Crippen LogP contribution >= 0.6 is 0 Å². The van der Waals surface area contributed by atoms with Gasteiger partial charge in [0.1, 0.15) is 5.69 Å². The number of nitrogens with one attached hydrogen (secondary N) is 2. The molecule has 1 aromatic carbocycles. The summed E-state index contributed by atoms with van der Waals surface area (Å²) in [5.41, 5.74) is 4.11. The quantitative estimate of drug-likeness (QED) is 0.789. The number of rotatable bonds is 5. The van der Waals surface area contributed by atoms with Gasteiger partial charge in [0.2, 0.25) is 0 Å². The monoisotopic (exact) mass is 258 g/mol. The first-order valence-corrected chi connectivity index (χ1v) is 7.00. The molecule has 0 spiro atoms. The molecule has 0 fully saturated rings. The molecule has 0 aliphatic rings. The van der Waals surface area contributed by atoms with E-state index in [-0.39, 0.29) is 5.91 Å². The molecule has 19 heavy (non-hydrogen) atoms.